The van der Waals surface area contributed by atoms with Gasteiger partial charge in [-0.25, -0.2) is 0 Å². The maximum absolute atomic E-state index is 5.80. The largest absolute Gasteiger partial charge is 0.475 e. The van der Waals surface area contributed by atoms with Crippen LogP contribution in [0.5, 0.6) is 5.88 Å². The third-order valence-electron chi connectivity index (χ3n) is 3.02. The van der Waals surface area contributed by atoms with Crippen molar-refractivity contribution in [1.82, 2.24) is 13.6 Å². The van der Waals surface area contributed by atoms with Gasteiger partial charge < -0.3 is 9.64 Å². The number of ether oxygens (including phenoxy) is 1. The van der Waals surface area contributed by atoms with Crippen LogP contribution in [0.2, 0.25) is 0 Å². The van der Waals surface area contributed by atoms with E-state index in [1.165, 1.54) is 23.1 Å². The van der Waals surface area contributed by atoms with Crippen molar-refractivity contribution >= 4 is 29.1 Å². The van der Waals surface area contributed by atoms with E-state index in [-0.39, 0.29) is 0 Å². The van der Waals surface area contributed by atoms with Crippen molar-refractivity contribution in [3.05, 3.63) is 11.8 Å². The van der Waals surface area contributed by atoms with Gasteiger partial charge in [-0.1, -0.05) is 19.9 Å². The van der Waals surface area contributed by atoms with Gasteiger partial charge in [-0.05, 0) is 30.7 Å². The highest BCUT2D eigenvalue weighted by Gasteiger charge is 2.18. The lowest BCUT2D eigenvalue weighted by atomic mass is 10.1. The summed E-state index contributed by atoms with van der Waals surface area (Å²) in [5, 5.41) is 0. The second-order valence-corrected chi connectivity index (χ2v) is 7.17. The summed E-state index contributed by atoms with van der Waals surface area (Å²) in [6, 6.07) is 0. The average Bonchev–Trinajstić information content (AvgIpc) is 2.86. The van der Waals surface area contributed by atoms with Crippen molar-refractivity contribution in [1.29, 1.82) is 0 Å². The summed E-state index contributed by atoms with van der Waals surface area (Å²) in [7, 11) is 2.13. The Bertz CT molecular complexity index is 445. The van der Waals surface area contributed by atoms with Crippen LogP contribution >= 0.6 is 23.5 Å². The van der Waals surface area contributed by atoms with E-state index in [2.05, 4.69) is 40.6 Å². The zero-order chi connectivity index (χ0) is 14.4. The van der Waals surface area contributed by atoms with Crippen LogP contribution in [0.25, 0.3) is 5.57 Å². The standard InChI is InChI=1S/C14H23N3OS2/c1-11(2)10-19-8-7-18-14-13(15-20-16-14)12-5-4-6-17(3)9-12/h5,11H,4,6-10H2,1-3H3. The van der Waals surface area contributed by atoms with Gasteiger partial charge in [0.05, 0.1) is 18.3 Å². The van der Waals surface area contributed by atoms with E-state index in [0.717, 1.165) is 36.9 Å². The summed E-state index contributed by atoms with van der Waals surface area (Å²) in [5.74, 6) is 3.64. The van der Waals surface area contributed by atoms with Crippen LogP contribution in [0.15, 0.2) is 6.08 Å². The Labute approximate surface area is 129 Å². The van der Waals surface area contributed by atoms with Crippen molar-refractivity contribution < 1.29 is 4.74 Å². The normalized spacial score (nSPS) is 16.5. The molecule has 0 saturated heterocycles. The van der Waals surface area contributed by atoms with Crippen LogP contribution in [0.4, 0.5) is 0 Å². The smallest absolute Gasteiger partial charge is 0.253 e. The zero-order valence-corrected chi connectivity index (χ0v) is 14.1. The van der Waals surface area contributed by atoms with Crippen molar-refractivity contribution in [3.63, 3.8) is 0 Å². The third kappa shape index (κ3) is 4.75. The molecule has 0 N–H and O–H groups in total. The summed E-state index contributed by atoms with van der Waals surface area (Å²) >= 11 is 3.17. The lowest BCUT2D eigenvalue weighted by Crippen LogP contribution is -2.25. The van der Waals surface area contributed by atoms with Gasteiger partial charge in [-0.3, -0.25) is 0 Å². The predicted molar refractivity (Wildman–Crippen MR) is 87.7 cm³/mol. The fraction of sp³-hybridized carbons (Fsp3) is 0.714. The Morgan fingerprint density at radius 1 is 1.45 bits per heavy atom. The Morgan fingerprint density at radius 2 is 2.30 bits per heavy atom. The summed E-state index contributed by atoms with van der Waals surface area (Å²) in [5.41, 5.74) is 2.19. The Hall–Kier alpha value is -0.590. The minimum Gasteiger partial charge on any atom is -0.475 e. The molecule has 0 spiro atoms. The highest BCUT2D eigenvalue weighted by Crippen LogP contribution is 2.27. The third-order valence-corrected chi connectivity index (χ3v) is 4.89. The number of hydrogen-bond acceptors (Lipinski definition) is 6. The monoisotopic (exact) mass is 313 g/mol. The zero-order valence-electron chi connectivity index (χ0n) is 12.5. The maximum atomic E-state index is 5.80. The van der Waals surface area contributed by atoms with Gasteiger partial charge in [-0.2, -0.15) is 16.1 Å². The summed E-state index contributed by atoms with van der Waals surface area (Å²) < 4.78 is 14.5. The lowest BCUT2D eigenvalue weighted by molar-refractivity contribution is 0.330. The molecule has 2 rings (SSSR count). The van der Waals surface area contributed by atoms with E-state index in [1.807, 2.05) is 11.8 Å². The number of likely N-dealkylation sites (N-methyl/N-ethyl adjacent to an activating group) is 1. The first-order chi connectivity index (χ1) is 9.66. The maximum Gasteiger partial charge on any atom is 0.253 e. The molecule has 112 valence electrons. The molecule has 0 aliphatic carbocycles. The first-order valence-electron chi connectivity index (χ1n) is 7.08. The predicted octanol–water partition coefficient (Wildman–Crippen LogP) is 3.03. The summed E-state index contributed by atoms with van der Waals surface area (Å²) in [6.07, 6.45) is 3.34. The molecular weight excluding hydrogens is 290 g/mol. The van der Waals surface area contributed by atoms with Crippen molar-refractivity contribution in [2.75, 3.05) is 38.2 Å². The molecular formula is C14H23N3OS2. The molecule has 0 bridgehead atoms. The molecule has 4 nitrogen and oxygen atoms in total. The van der Waals surface area contributed by atoms with Crippen LogP contribution in [-0.4, -0.2) is 51.9 Å². The van der Waals surface area contributed by atoms with Crippen molar-refractivity contribution in [3.8, 4) is 5.88 Å². The number of nitrogens with zero attached hydrogens (tertiary/aromatic N) is 3. The van der Waals surface area contributed by atoms with Crippen LogP contribution in [0.3, 0.4) is 0 Å². The van der Waals surface area contributed by atoms with E-state index >= 15 is 0 Å². The minimum atomic E-state index is 0.707. The molecule has 0 unspecified atom stereocenters. The highest BCUT2D eigenvalue weighted by atomic mass is 32.2. The van der Waals surface area contributed by atoms with Gasteiger partial charge in [0.25, 0.3) is 5.88 Å². The van der Waals surface area contributed by atoms with Gasteiger partial charge in [0.2, 0.25) is 0 Å². The van der Waals surface area contributed by atoms with Crippen LogP contribution in [-0.2, 0) is 0 Å². The molecule has 6 heteroatoms. The number of thioether (sulfide) groups is 1. The van der Waals surface area contributed by atoms with Gasteiger partial charge in [-0.15, -0.1) is 4.37 Å². The first-order valence-corrected chi connectivity index (χ1v) is 8.96. The summed E-state index contributed by atoms with van der Waals surface area (Å²) in [4.78, 5) is 2.30. The van der Waals surface area contributed by atoms with E-state index in [0.29, 0.717) is 12.5 Å². The topological polar surface area (TPSA) is 38.3 Å². The Morgan fingerprint density at radius 3 is 3.05 bits per heavy atom. The molecule has 0 radical (unpaired) electrons. The lowest BCUT2D eigenvalue weighted by Gasteiger charge is -2.22. The molecule has 1 aromatic rings. The second kappa shape index (κ2) is 8.00. The van der Waals surface area contributed by atoms with E-state index in [4.69, 9.17) is 4.74 Å². The molecule has 1 aliphatic rings. The fourth-order valence-electron chi connectivity index (χ4n) is 2.05. The van der Waals surface area contributed by atoms with Gasteiger partial charge in [0, 0.05) is 18.8 Å². The van der Waals surface area contributed by atoms with Crippen molar-refractivity contribution in [2.24, 2.45) is 5.92 Å². The Balaban J connectivity index is 1.84. The molecule has 0 aromatic carbocycles. The summed E-state index contributed by atoms with van der Waals surface area (Å²) in [6.45, 7) is 7.23. The van der Waals surface area contributed by atoms with E-state index < -0.39 is 0 Å². The fourth-order valence-corrected chi connectivity index (χ4v) is 3.42. The Kier molecular flexibility index (Phi) is 6.32. The minimum absolute atomic E-state index is 0.707. The molecule has 1 aliphatic heterocycles. The first kappa shape index (κ1) is 15.8. The van der Waals surface area contributed by atoms with Gasteiger partial charge in [0.1, 0.15) is 5.69 Å². The molecule has 20 heavy (non-hydrogen) atoms. The van der Waals surface area contributed by atoms with E-state index in [9.17, 15) is 0 Å². The molecule has 1 aromatic heterocycles. The van der Waals surface area contributed by atoms with Crippen molar-refractivity contribution in [2.45, 2.75) is 20.3 Å². The van der Waals surface area contributed by atoms with Crippen LogP contribution < -0.4 is 4.74 Å². The second-order valence-electron chi connectivity index (χ2n) is 5.49. The average molecular weight is 313 g/mol. The number of rotatable bonds is 7. The number of aromatic nitrogens is 2. The SMILES string of the molecule is CC(C)CSCCOc1nsnc1C1=CCCN(C)C1. The molecule has 0 atom stereocenters. The van der Waals surface area contributed by atoms with Crippen LogP contribution in [0, 0.1) is 5.92 Å². The van der Waals surface area contributed by atoms with Crippen LogP contribution in [0.1, 0.15) is 26.0 Å². The van der Waals surface area contributed by atoms with Gasteiger partial charge >= 0.3 is 0 Å². The quantitative estimate of drug-likeness (QED) is 0.724. The van der Waals surface area contributed by atoms with Gasteiger partial charge in [0.15, 0.2) is 0 Å². The molecule has 0 saturated carbocycles. The number of hydrogen-bond donors (Lipinski definition) is 0. The molecule has 0 fully saturated rings. The molecule has 2 heterocycles. The molecule has 0 amide bonds. The van der Waals surface area contributed by atoms with E-state index in [1.54, 1.807) is 0 Å². The highest BCUT2D eigenvalue weighted by molar-refractivity contribution is 7.99.